The number of ether oxygens (including phenoxy) is 2. The van der Waals surface area contributed by atoms with Gasteiger partial charge in [-0.2, -0.15) is 0 Å². The first-order valence-corrected chi connectivity index (χ1v) is 10.1. The van der Waals surface area contributed by atoms with Crippen molar-refractivity contribution in [3.05, 3.63) is 107 Å². The molecule has 0 aliphatic carbocycles. The van der Waals surface area contributed by atoms with Gasteiger partial charge in [0.15, 0.2) is 0 Å². The second kappa shape index (κ2) is 9.22. The first-order chi connectivity index (χ1) is 15.5. The number of amidine groups is 2. The Bertz CT molecular complexity index is 1200. The topological polar surface area (TPSA) is 118 Å². The summed E-state index contributed by atoms with van der Waals surface area (Å²) in [5.41, 5.74) is 14.4. The standard InChI is InChI=1S/C26H24N4O2/c27-25(28)20-5-1-3-17(11-20)15-31-23-9-7-19-8-10-24(14-22(19)13-23)32-16-18-4-2-6-21(12-18)26(29)30/h1-14H,15-16H2,(H3,27,28)(H3,29,30). The van der Waals surface area contributed by atoms with Gasteiger partial charge >= 0.3 is 0 Å². The van der Waals surface area contributed by atoms with Gasteiger partial charge < -0.3 is 20.9 Å². The van der Waals surface area contributed by atoms with Crippen molar-refractivity contribution in [2.45, 2.75) is 13.2 Å². The Labute approximate surface area is 186 Å². The van der Waals surface area contributed by atoms with E-state index >= 15 is 0 Å². The summed E-state index contributed by atoms with van der Waals surface area (Å²) in [7, 11) is 0. The summed E-state index contributed by atoms with van der Waals surface area (Å²) in [5.74, 6) is 1.57. The van der Waals surface area contributed by atoms with Gasteiger partial charge in [-0.15, -0.1) is 0 Å². The maximum absolute atomic E-state index is 7.57. The number of rotatable bonds is 8. The summed E-state index contributed by atoms with van der Waals surface area (Å²) >= 11 is 0. The molecule has 0 aromatic heterocycles. The molecule has 4 aromatic rings. The van der Waals surface area contributed by atoms with E-state index in [1.807, 2.05) is 72.8 Å². The molecule has 0 heterocycles. The number of fused-ring (bicyclic) bond motifs is 1. The summed E-state index contributed by atoms with van der Waals surface area (Å²) in [6.45, 7) is 0.768. The predicted octanol–water partition coefficient (Wildman–Crippen LogP) is 4.57. The normalized spacial score (nSPS) is 10.6. The van der Waals surface area contributed by atoms with E-state index < -0.39 is 0 Å². The smallest absolute Gasteiger partial charge is 0.122 e. The predicted molar refractivity (Wildman–Crippen MR) is 128 cm³/mol. The minimum absolute atomic E-state index is 0.0399. The second-order valence-electron chi connectivity index (χ2n) is 7.48. The number of nitrogen functional groups attached to an aromatic ring is 2. The van der Waals surface area contributed by atoms with Crippen LogP contribution in [0.3, 0.4) is 0 Å². The van der Waals surface area contributed by atoms with Gasteiger partial charge in [-0.3, -0.25) is 10.8 Å². The van der Waals surface area contributed by atoms with Crippen LogP contribution in [0.2, 0.25) is 0 Å². The van der Waals surface area contributed by atoms with Gasteiger partial charge in [-0.1, -0.05) is 48.5 Å². The highest BCUT2D eigenvalue weighted by Crippen LogP contribution is 2.26. The lowest BCUT2D eigenvalue weighted by molar-refractivity contribution is 0.305. The molecule has 0 atom stereocenters. The fourth-order valence-electron chi connectivity index (χ4n) is 3.37. The molecular weight excluding hydrogens is 400 g/mol. The lowest BCUT2D eigenvalue weighted by atomic mass is 10.1. The molecule has 4 aromatic carbocycles. The first-order valence-electron chi connectivity index (χ1n) is 10.1. The van der Waals surface area contributed by atoms with Crippen molar-refractivity contribution < 1.29 is 9.47 Å². The van der Waals surface area contributed by atoms with Crippen LogP contribution in [0, 0.1) is 10.8 Å². The van der Waals surface area contributed by atoms with Crippen LogP contribution in [0.1, 0.15) is 22.3 Å². The molecule has 6 nitrogen and oxygen atoms in total. The third-order valence-electron chi connectivity index (χ3n) is 5.07. The van der Waals surface area contributed by atoms with Crippen molar-refractivity contribution in [2.24, 2.45) is 11.5 Å². The monoisotopic (exact) mass is 424 g/mol. The Morgan fingerprint density at radius 2 is 1.06 bits per heavy atom. The minimum Gasteiger partial charge on any atom is -0.489 e. The number of hydrogen-bond donors (Lipinski definition) is 4. The maximum atomic E-state index is 7.57. The first kappa shape index (κ1) is 20.9. The molecule has 4 rings (SSSR count). The van der Waals surface area contributed by atoms with Gasteiger partial charge in [0.25, 0.3) is 0 Å². The molecule has 0 fully saturated rings. The van der Waals surface area contributed by atoms with E-state index in [1.165, 1.54) is 0 Å². The van der Waals surface area contributed by atoms with Crippen LogP contribution in [0.5, 0.6) is 11.5 Å². The van der Waals surface area contributed by atoms with Gasteiger partial charge in [0.1, 0.15) is 36.4 Å². The van der Waals surface area contributed by atoms with Gasteiger partial charge in [-0.25, -0.2) is 0 Å². The molecule has 0 saturated heterocycles. The Balaban J connectivity index is 1.45. The molecule has 0 radical (unpaired) electrons. The van der Waals surface area contributed by atoms with E-state index in [9.17, 15) is 0 Å². The van der Waals surface area contributed by atoms with Gasteiger partial charge in [-0.05, 0) is 58.3 Å². The number of nitrogens with one attached hydrogen (secondary N) is 2. The number of benzene rings is 4. The van der Waals surface area contributed by atoms with Crippen molar-refractivity contribution in [1.82, 2.24) is 0 Å². The molecule has 6 heteroatoms. The summed E-state index contributed by atoms with van der Waals surface area (Å²) in [5, 5.41) is 17.2. The van der Waals surface area contributed by atoms with Crippen LogP contribution < -0.4 is 20.9 Å². The quantitative estimate of drug-likeness (QED) is 0.245. The summed E-state index contributed by atoms with van der Waals surface area (Å²) in [4.78, 5) is 0. The fraction of sp³-hybridized carbons (Fsp3) is 0.0769. The SMILES string of the molecule is N=C(N)c1cccc(COc2ccc3ccc(OCc4cccc(C(=N)N)c4)cc3c2)c1. The lowest BCUT2D eigenvalue weighted by Gasteiger charge is -2.11. The van der Waals surface area contributed by atoms with Gasteiger partial charge in [0.2, 0.25) is 0 Å². The van der Waals surface area contributed by atoms with E-state index in [-0.39, 0.29) is 11.7 Å². The summed E-state index contributed by atoms with van der Waals surface area (Å²) in [6, 6.07) is 26.8. The molecule has 0 aliphatic heterocycles. The van der Waals surface area contributed by atoms with Crippen molar-refractivity contribution in [3.63, 3.8) is 0 Å². The van der Waals surface area contributed by atoms with Gasteiger partial charge in [0, 0.05) is 11.1 Å². The zero-order valence-electron chi connectivity index (χ0n) is 17.5. The molecule has 0 amide bonds. The Hall–Kier alpha value is -4.32. The molecule has 32 heavy (non-hydrogen) atoms. The Morgan fingerprint density at radius 1 is 0.594 bits per heavy atom. The van der Waals surface area contributed by atoms with E-state index in [4.69, 9.17) is 31.8 Å². The van der Waals surface area contributed by atoms with Crippen LogP contribution in [-0.4, -0.2) is 11.7 Å². The maximum Gasteiger partial charge on any atom is 0.122 e. The lowest BCUT2D eigenvalue weighted by Crippen LogP contribution is -2.11. The highest BCUT2D eigenvalue weighted by atomic mass is 16.5. The molecule has 0 unspecified atom stereocenters. The molecule has 160 valence electrons. The minimum atomic E-state index is 0.0399. The summed E-state index contributed by atoms with van der Waals surface area (Å²) in [6.07, 6.45) is 0. The zero-order valence-corrected chi connectivity index (χ0v) is 17.5. The van der Waals surface area contributed by atoms with Crippen LogP contribution >= 0.6 is 0 Å². The van der Waals surface area contributed by atoms with Crippen LogP contribution in [0.25, 0.3) is 10.8 Å². The Kier molecular flexibility index (Phi) is 6.03. The Morgan fingerprint density at radius 3 is 1.50 bits per heavy atom. The largest absolute Gasteiger partial charge is 0.489 e. The average molecular weight is 425 g/mol. The van der Waals surface area contributed by atoms with Crippen LogP contribution in [0.4, 0.5) is 0 Å². The molecule has 0 bridgehead atoms. The zero-order chi connectivity index (χ0) is 22.5. The molecular formula is C26H24N4O2. The molecule has 0 saturated carbocycles. The summed E-state index contributed by atoms with van der Waals surface area (Å²) < 4.78 is 11.9. The van der Waals surface area contributed by atoms with Crippen molar-refractivity contribution in [1.29, 1.82) is 10.8 Å². The third-order valence-corrected chi connectivity index (χ3v) is 5.07. The highest BCUT2D eigenvalue weighted by molar-refractivity contribution is 5.95. The van der Waals surface area contributed by atoms with E-state index in [0.29, 0.717) is 24.3 Å². The van der Waals surface area contributed by atoms with Crippen LogP contribution in [0.15, 0.2) is 84.9 Å². The van der Waals surface area contributed by atoms with E-state index in [1.54, 1.807) is 12.1 Å². The number of hydrogen-bond acceptors (Lipinski definition) is 4. The van der Waals surface area contributed by atoms with Crippen LogP contribution in [-0.2, 0) is 13.2 Å². The highest BCUT2D eigenvalue weighted by Gasteiger charge is 2.04. The second-order valence-corrected chi connectivity index (χ2v) is 7.48. The number of nitrogens with two attached hydrogens (primary N) is 2. The van der Waals surface area contributed by atoms with E-state index in [0.717, 1.165) is 33.4 Å². The van der Waals surface area contributed by atoms with Crippen molar-refractivity contribution >= 4 is 22.4 Å². The molecule has 0 aliphatic rings. The third kappa shape index (κ3) is 5.05. The van der Waals surface area contributed by atoms with E-state index in [2.05, 4.69) is 0 Å². The molecule has 0 spiro atoms. The van der Waals surface area contributed by atoms with Gasteiger partial charge in [0.05, 0.1) is 0 Å². The fourth-order valence-corrected chi connectivity index (χ4v) is 3.37. The van der Waals surface area contributed by atoms with Crippen molar-refractivity contribution in [2.75, 3.05) is 0 Å². The van der Waals surface area contributed by atoms with Crippen molar-refractivity contribution in [3.8, 4) is 11.5 Å². The molecule has 6 N–H and O–H groups in total. The average Bonchev–Trinajstić information content (AvgIpc) is 2.81.